The average molecular weight is 378 g/mol. The summed E-state index contributed by atoms with van der Waals surface area (Å²) in [5.41, 5.74) is 0. The lowest BCUT2D eigenvalue weighted by Gasteiger charge is -2.32. The van der Waals surface area contributed by atoms with Gasteiger partial charge in [-0.1, -0.05) is 6.42 Å². The van der Waals surface area contributed by atoms with E-state index in [9.17, 15) is 4.79 Å². The third-order valence-corrected chi connectivity index (χ3v) is 4.98. The molecule has 1 fully saturated rings. The van der Waals surface area contributed by atoms with Crippen LogP contribution in [0.15, 0.2) is 27.8 Å². The monoisotopic (exact) mass is 377 g/mol. The number of hydrogen-bond acceptors (Lipinski definition) is 4. The quantitative estimate of drug-likeness (QED) is 0.506. The third kappa shape index (κ3) is 8.03. The number of piperidine rings is 1. The molecule has 0 aliphatic carbocycles. The van der Waals surface area contributed by atoms with Crippen molar-refractivity contribution in [1.29, 1.82) is 0 Å². The molecule has 1 aliphatic rings. The highest BCUT2D eigenvalue weighted by Crippen LogP contribution is 2.13. The topological polar surface area (TPSA) is 73.1 Å². The molecule has 0 radical (unpaired) electrons. The van der Waals surface area contributed by atoms with Gasteiger partial charge in [0.1, 0.15) is 12.3 Å². The van der Waals surface area contributed by atoms with E-state index >= 15 is 0 Å². The van der Waals surface area contributed by atoms with Crippen LogP contribution in [0.4, 0.5) is 0 Å². The first kappa shape index (κ1) is 21.3. The maximum absolute atomic E-state index is 11.8. The highest BCUT2D eigenvalue weighted by Gasteiger charge is 2.16. The van der Waals surface area contributed by atoms with Crippen LogP contribution >= 0.6 is 0 Å². The fourth-order valence-corrected chi connectivity index (χ4v) is 3.16. The van der Waals surface area contributed by atoms with Gasteiger partial charge >= 0.3 is 0 Å². The van der Waals surface area contributed by atoms with Crippen molar-refractivity contribution in [3.05, 3.63) is 24.2 Å². The highest BCUT2D eigenvalue weighted by atomic mass is 16.3. The summed E-state index contributed by atoms with van der Waals surface area (Å²) < 4.78 is 5.36. The predicted molar refractivity (Wildman–Crippen MR) is 109 cm³/mol. The lowest BCUT2D eigenvalue weighted by molar-refractivity contribution is -0.127. The number of amides is 1. The van der Waals surface area contributed by atoms with Crippen molar-refractivity contribution in [3.63, 3.8) is 0 Å². The molecule has 2 N–H and O–H groups in total. The molecule has 27 heavy (non-hydrogen) atoms. The highest BCUT2D eigenvalue weighted by molar-refractivity contribution is 5.84. The van der Waals surface area contributed by atoms with Crippen molar-refractivity contribution in [1.82, 2.24) is 20.4 Å². The molecule has 1 amide bonds. The number of nitrogens with zero attached hydrogens (tertiary/aromatic N) is 3. The van der Waals surface area contributed by atoms with Gasteiger partial charge < -0.3 is 24.9 Å². The second kappa shape index (κ2) is 11.6. The fourth-order valence-electron chi connectivity index (χ4n) is 3.16. The summed E-state index contributed by atoms with van der Waals surface area (Å²) in [6, 6.07) is 4.41. The van der Waals surface area contributed by atoms with Gasteiger partial charge in [-0.3, -0.25) is 4.79 Å². The molecule has 1 aromatic heterocycles. The predicted octanol–water partition coefficient (Wildman–Crippen LogP) is 1.71. The van der Waals surface area contributed by atoms with Crippen molar-refractivity contribution in [2.24, 2.45) is 4.99 Å². The van der Waals surface area contributed by atoms with Crippen molar-refractivity contribution in [2.45, 2.75) is 45.1 Å². The van der Waals surface area contributed by atoms with Crippen LogP contribution in [0.25, 0.3) is 0 Å². The Kier molecular flexibility index (Phi) is 9.18. The van der Waals surface area contributed by atoms with Gasteiger partial charge in [0.15, 0.2) is 5.96 Å². The van der Waals surface area contributed by atoms with E-state index in [0.29, 0.717) is 18.5 Å². The molecule has 1 aromatic rings. The van der Waals surface area contributed by atoms with Crippen molar-refractivity contribution in [2.75, 3.05) is 46.8 Å². The fraction of sp³-hybridized carbons (Fsp3) is 0.700. The van der Waals surface area contributed by atoms with Crippen LogP contribution < -0.4 is 10.6 Å². The summed E-state index contributed by atoms with van der Waals surface area (Å²) in [6.07, 6.45) is 7.50. The van der Waals surface area contributed by atoms with E-state index in [1.54, 1.807) is 25.3 Å². The van der Waals surface area contributed by atoms with Crippen LogP contribution in [-0.4, -0.2) is 74.5 Å². The Bertz CT molecular complexity index is 565. The maximum Gasteiger partial charge on any atom is 0.243 e. The third-order valence-electron chi connectivity index (χ3n) is 4.98. The zero-order valence-corrected chi connectivity index (χ0v) is 17.0. The van der Waals surface area contributed by atoms with E-state index in [1.165, 1.54) is 32.4 Å². The summed E-state index contributed by atoms with van der Waals surface area (Å²) in [5.74, 6) is 1.61. The zero-order chi connectivity index (χ0) is 19.5. The molecule has 1 atom stereocenters. The normalized spacial score (nSPS) is 16.8. The number of nitrogens with one attached hydrogen (secondary N) is 2. The molecule has 1 unspecified atom stereocenters. The van der Waals surface area contributed by atoms with Gasteiger partial charge in [-0.2, -0.15) is 0 Å². The minimum Gasteiger partial charge on any atom is -0.469 e. The van der Waals surface area contributed by atoms with Crippen molar-refractivity contribution >= 4 is 11.9 Å². The molecule has 152 valence electrons. The number of likely N-dealkylation sites (N-methyl/N-ethyl adjacent to an activating group) is 1. The van der Waals surface area contributed by atoms with Gasteiger partial charge in [-0.25, -0.2) is 4.99 Å². The van der Waals surface area contributed by atoms with E-state index in [2.05, 4.69) is 27.4 Å². The Labute approximate surface area is 163 Å². The van der Waals surface area contributed by atoms with Gasteiger partial charge in [0, 0.05) is 39.6 Å². The molecule has 1 saturated heterocycles. The number of carbonyl (C=O) groups is 1. The maximum atomic E-state index is 11.8. The average Bonchev–Trinajstić information content (AvgIpc) is 3.19. The van der Waals surface area contributed by atoms with Gasteiger partial charge in [-0.05, 0) is 51.4 Å². The zero-order valence-electron chi connectivity index (χ0n) is 17.0. The molecular formula is C20H35N5O2. The van der Waals surface area contributed by atoms with E-state index in [-0.39, 0.29) is 12.5 Å². The summed E-state index contributed by atoms with van der Waals surface area (Å²) >= 11 is 0. The molecule has 0 saturated carbocycles. The molecule has 7 nitrogen and oxygen atoms in total. The molecule has 0 aromatic carbocycles. The van der Waals surface area contributed by atoms with Gasteiger partial charge in [0.05, 0.1) is 6.26 Å². The summed E-state index contributed by atoms with van der Waals surface area (Å²) in [6.45, 7) is 6.40. The van der Waals surface area contributed by atoms with Gasteiger partial charge in [0.2, 0.25) is 5.91 Å². The molecule has 0 bridgehead atoms. The molecule has 7 heteroatoms. The summed E-state index contributed by atoms with van der Waals surface area (Å²) in [7, 11) is 3.49. The van der Waals surface area contributed by atoms with E-state index in [0.717, 1.165) is 25.1 Å². The number of rotatable bonds is 9. The number of guanidine groups is 1. The van der Waals surface area contributed by atoms with Crippen molar-refractivity contribution in [3.8, 4) is 0 Å². The number of hydrogen-bond donors (Lipinski definition) is 2. The largest absolute Gasteiger partial charge is 0.469 e. The van der Waals surface area contributed by atoms with Crippen LogP contribution in [0.2, 0.25) is 0 Å². The Morgan fingerprint density at radius 2 is 2.00 bits per heavy atom. The van der Waals surface area contributed by atoms with Crippen LogP contribution in [0.3, 0.4) is 0 Å². The first-order valence-corrected chi connectivity index (χ1v) is 10.0. The van der Waals surface area contributed by atoms with Crippen LogP contribution in [0.5, 0.6) is 0 Å². The van der Waals surface area contributed by atoms with Gasteiger partial charge in [0.25, 0.3) is 0 Å². The first-order valence-electron chi connectivity index (χ1n) is 10.0. The standard InChI is InChI=1S/C20H35N5O2/c1-17(25-13-5-4-6-14-25)9-11-21-20(23-16-19(26)24(2)3)22-12-10-18-8-7-15-27-18/h7-8,15,17H,4-6,9-14,16H2,1-3H3,(H2,21,22,23). The van der Waals surface area contributed by atoms with E-state index < -0.39 is 0 Å². The molecule has 2 heterocycles. The number of furan rings is 1. The molecule has 0 spiro atoms. The van der Waals surface area contributed by atoms with Crippen LogP contribution in [0.1, 0.15) is 38.4 Å². The SMILES string of the molecule is CC(CCNC(=NCC(=O)N(C)C)NCCc1ccco1)N1CCCCC1. The van der Waals surface area contributed by atoms with Crippen molar-refractivity contribution < 1.29 is 9.21 Å². The second-order valence-corrected chi connectivity index (χ2v) is 7.37. The number of carbonyl (C=O) groups excluding carboxylic acids is 1. The Morgan fingerprint density at radius 3 is 2.67 bits per heavy atom. The Hall–Kier alpha value is -2.02. The van der Waals surface area contributed by atoms with Crippen LogP contribution in [0, 0.1) is 0 Å². The number of aliphatic imine (C=N–C) groups is 1. The second-order valence-electron chi connectivity index (χ2n) is 7.37. The van der Waals surface area contributed by atoms with Gasteiger partial charge in [-0.15, -0.1) is 0 Å². The molecule has 2 rings (SSSR count). The summed E-state index contributed by atoms with van der Waals surface area (Å²) in [4.78, 5) is 20.4. The molecule has 1 aliphatic heterocycles. The smallest absolute Gasteiger partial charge is 0.243 e. The Morgan fingerprint density at radius 1 is 1.26 bits per heavy atom. The molecular weight excluding hydrogens is 342 g/mol. The first-order chi connectivity index (χ1) is 13.1. The lowest BCUT2D eigenvalue weighted by Crippen LogP contribution is -2.43. The number of likely N-dealkylation sites (tertiary alicyclic amines) is 1. The Balaban J connectivity index is 1.78. The van der Waals surface area contributed by atoms with Crippen LogP contribution in [-0.2, 0) is 11.2 Å². The van der Waals surface area contributed by atoms with E-state index in [1.807, 2.05) is 12.1 Å². The van der Waals surface area contributed by atoms with E-state index in [4.69, 9.17) is 4.42 Å². The lowest BCUT2D eigenvalue weighted by atomic mass is 10.1. The summed E-state index contributed by atoms with van der Waals surface area (Å²) in [5, 5.41) is 6.68. The minimum atomic E-state index is -0.0104. The minimum absolute atomic E-state index is 0.0104.